The Bertz CT molecular complexity index is 1330. The molecular weight excluding hydrogens is 472 g/mol. The lowest BCUT2D eigenvalue weighted by molar-refractivity contribution is -0.123. The van der Waals surface area contributed by atoms with Gasteiger partial charge in [-0.1, -0.05) is 17.7 Å². The molecule has 1 amide bonds. The number of nitrogens with zero attached hydrogens (tertiary/aromatic N) is 4. The van der Waals surface area contributed by atoms with Gasteiger partial charge in [0.25, 0.3) is 5.91 Å². The highest BCUT2D eigenvalue weighted by Gasteiger charge is 2.17. The maximum absolute atomic E-state index is 11.9. The number of H-pyrrole nitrogens is 1. The van der Waals surface area contributed by atoms with Gasteiger partial charge in [0, 0.05) is 23.4 Å². The van der Waals surface area contributed by atoms with E-state index in [-0.39, 0.29) is 31.7 Å². The SMILES string of the molecule is COc1cc(-c2nc(Cc3ccc4[nH]ncc4c3Cl)n(CCO)n2)ccc1OCC(=O)NC(C)C. The molecule has 2 aromatic carbocycles. The molecule has 11 heteroatoms. The molecule has 0 saturated heterocycles. The zero-order valence-corrected chi connectivity index (χ0v) is 20.5. The van der Waals surface area contributed by atoms with Crippen LogP contribution in [0, 0.1) is 0 Å². The number of carbonyl (C=O) groups excluding carboxylic acids is 1. The number of aliphatic hydroxyl groups is 1. The minimum atomic E-state index is -0.215. The monoisotopic (exact) mass is 498 g/mol. The van der Waals surface area contributed by atoms with E-state index in [1.165, 1.54) is 7.11 Å². The van der Waals surface area contributed by atoms with Crippen molar-refractivity contribution in [3.8, 4) is 22.9 Å². The van der Waals surface area contributed by atoms with E-state index in [9.17, 15) is 9.90 Å². The van der Waals surface area contributed by atoms with Gasteiger partial charge in [-0.3, -0.25) is 9.89 Å². The number of hydrogen-bond donors (Lipinski definition) is 3. The number of amides is 1. The normalized spacial score (nSPS) is 11.3. The van der Waals surface area contributed by atoms with Crippen LogP contribution in [0.2, 0.25) is 5.02 Å². The summed E-state index contributed by atoms with van der Waals surface area (Å²) in [4.78, 5) is 16.6. The van der Waals surface area contributed by atoms with Crippen molar-refractivity contribution < 1.29 is 19.4 Å². The standard InChI is InChI=1S/C24H27ClN6O4/c1-14(2)27-22(33)13-35-19-7-5-16(10-20(19)34-3)24-28-21(31(30-24)8-9-32)11-15-4-6-18-17(23(15)25)12-26-29-18/h4-7,10,12,14,32H,8-9,11,13H2,1-3H3,(H,26,29)(H,27,33). The molecule has 0 aliphatic heterocycles. The van der Waals surface area contributed by atoms with Crippen LogP contribution in [0.3, 0.4) is 0 Å². The fourth-order valence-electron chi connectivity index (χ4n) is 3.67. The maximum Gasteiger partial charge on any atom is 0.258 e. The second-order valence-electron chi connectivity index (χ2n) is 8.22. The van der Waals surface area contributed by atoms with Gasteiger partial charge in [0.05, 0.1) is 37.0 Å². The number of halogens is 1. The first kappa shape index (κ1) is 24.5. The number of nitrogens with one attached hydrogen (secondary N) is 2. The molecule has 2 heterocycles. The molecule has 184 valence electrons. The predicted molar refractivity (Wildman–Crippen MR) is 132 cm³/mol. The molecule has 0 unspecified atom stereocenters. The fourth-order valence-corrected chi connectivity index (χ4v) is 3.95. The molecule has 2 aromatic heterocycles. The van der Waals surface area contributed by atoms with Gasteiger partial charge in [0.15, 0.2) is 23.9 Å². The molecule has 0 spiro atoms. The molecule has 3 N–H and O–H groups in total. The second-order valence-corrected chi connectivity index (χ2v) is 8.60. The largest absolute Gasteiger partial charge is 0.493 e. The highest BCUT2D eigenvalue weighted by atomic mass is 35.5. The van der Waals surface area contributed by atoms with E-state index in [0.29, 0.717) is 40.2 Å². The van der Waals surface area contributed by atoms with Crippen LogP contribution >= 0.6 is 11.6 Å². The molecule has 0 fully saturated rings. The van der Waals surface area contributed by atoms with Crippen molar-refractivity contribution in [2.75, 3.05) is 20.3 Å². The summed E-state index contributed by atoms with van der Waals surface area (Å²) in [7, 11) is 1.53. The van der Waals surface area contributed by atoms with E-state index >= 15 is 0 Å². The number of aliphatic hydroxyl groups excluding tert-OH is 1. The third kappa shape index (κ3) is 5.55. The number of carbonyl (C=O) groups is 1. The van der Waals surface area contributed by atoms with Gasteiger partial charge in [-0.25, -0.2) is 9.67 Å². The summed E-state index contributed by atoms with van der Waals surface area (Å²) in [5.41, 5.74) is 2.43. The Morgan fingerprint density at radius 1 is 1.26 bits per heavy atom. The van der Waals surface area contributed by atoms with Crippen molar-refractivity contribution in [1.29, 1.82) is 0 Å². The van der Waals surface area contributed by atoms with E-state index in [4.69, 9.17) is 26.1 Å². The number of benzene rings is 2. The first-order chi connectivity index (χ1) is 16.9. The topological polar surface area (TPSA) is 127 Å². The first-order valence-electron chi connectivity index (χ1n) is 11.1. The van der Waals surface area contributed by atoms with E-state index in [0.717, 1.165) is 16.5 Å². The minimum Gasteiger partial charge on any atom is -0.493 e. The number of fused-ring (bicyclic) bond motifs is 1. The Morgan fingerprint density at radius 2 is 2.09 bits per heavy atom. The molecule has 0 aliphatic rings. The molecular formula is C24H27ClN6O4. The molecule has 0 radical (unpaired) electrons. The van der Waals surface area contributed by atoms with Crippen LogP contribution in [0.5, 0.6) is 11.5 Å². The first-order valence-corrected chi connectivity index (χ1v) is 11.5. The number of methoxy groups -OCH3 is 1. The van der Waals surface area contributed by atoms with Crippen molar-refractivity contribution in [3.05, 3.63) is 52.9 Å². The van der Waals surface area contributed by atoms with Crippen LogP contribution in [-0.4, -0.2) is 62.3 Å². The average molecular weight is 499 g/mol. The highest BCUT2D eigenvalue weighted by molar-refractivity contribution is 6.36. The molecule has 0 saturated carbocycles. The highest BCUT2D eigenvalue weighted by Crippen LogP contribution is 2.32. The van der Waals surface area contributed by atoms with Crippen LogP contribution in [-0.2, 0) is 17.8 Å². The van der Waals surface area contributed by atoms with Gasteiger partial charge < -0.3 is 19.9 Å². The Labute approximate surface area is 207 Å². The summed E-state index contributed by atoms with van der Waals surface area (Å²) in [6, 6.07) is 9.13. The zero-order valence-electron chi connectivity index (χ0n) is 19.7. The van der Waals surface area contributed by atoms with Gasteiger partial charge in [0.1, 0.15) is 5.82 Å². The van der Waals surface area contributed by atoms with Crippen LogP contribution < -0.4 is 14.8 Å². The maximum atomic E-state index is 11.9. The van der Waals surface area contributed by atoms with Crippen molar-refractivity contribution in [2.24, 2.45) is 0 Å². The van der Waals surface area contributed by atoms with Crippen LogP contribution in [0.25, 0.3) is 22.3 Å². The van der Waals surface area contributed by atoms with Gasteiger partial charge >= 0.3 is 0 Å². The molecule has 0 bridgehead atoms. The predicted octanol–water partition coefficient (Wildman–Crippen LogP) is 2.97. The van der Waals surface area contributed by atoms with Crippen molar-refractivity contribution >= 4 is 28.4 Å². The lowest BCUT2D eigenvalue weighted by Gasteiger charge is -2.12. The van der Waals surface area contributed by atoms with Gasteiger partial charge in [-0.2, -0.15) is 10.2 Å². The zero-order chi connectivity index (χ0) is 24.9. The Hall–Kier alpha value is -3.63. The second kappa shape index (κ2) is 10.7. The summed E-state index contributed by atoms with van der Waals surface area (Å²) < 4.78 is 12.8. The molecule has 0 aliphatic carbocycles. The van der Waals surface area contributed by atoms with E-state index in [2.05, 4.69) is 20.6 Å². The summed E-state index contributed by atoms with van der Waals surface area (Å²) in [5.74, 6) is 1.80. The third-order valence-electron chi connectivity index (χ3n) is 5.28. The van der Waals surface area contributed by atoms with E-state index in [1.807, 2.05) is 26.0 Å². The number of aromatic nitrogens is 5. The molecule has 4 rings (SSSR count). The fraction of sp³-hybridized carbons (Fsp3) is 0.333. The van der Waals surface area contributed by atoms with Crippen molar-refractivity contribution in [1.82, 2.24) is 30.3 Å². The summed E-state index contributed by atoms with van der Waals surface area (Å²) in [5, 5.41) is 25.3. The van der Waals surface area contributed by atoms with Gasteiger partial charge in [0.2, 0.25) is 0 Å². The van der Waals surface area contributed by atoms with Crippen LogP contribution in [0.1, 0.15) is 25.2 Å². The molecule has 35 heavy (non-hydrogen) atoms. The Balaban J connectivity index is 1.59. The number of ether oxygens (including phenoxy) is 2. The third-order valence-corrected chi connectivity index (χ3v) is 5.72. The lowest BCUT2D eigenvalue weighted by Crippen LogP contribution is -2.34. The van der Waals surface area contributed by atoms with Gasteiger partial charge in [-0.15, -0.1) is 0 Å². The average Bonchev–Trinajstić information content (AvgIpc) is 3.47. The van der Waals surface area contributed by atoms with Crippen LogP contribution in [0.4, 0.5) is 0 Å². The Kier molecular flexibility index (Phi) is 7.52. The molecule has 10 nitrogen and oxygen atoms in total. The summed E-state index contributed by atoms with van der Waals surface area (Å²) in [6.07, 6.45) is 2.11. The Morgan fingerprint density at radius 3 is 2.83 bits per heavy atom. The van der Waals surface area contributed by atoms with E-state index < -0.39 is 0 Å². The van der Waals surface area contributed by atoms with E-state index in [1.54, 1.807) is 29.1 Å². The molecule has 4 aromatic rings. The van der Waals surface area contributed by atoms with Gasteiger partial charge in [-0.05, 0) is 43.7 Å². The molecule has 0 atom stereocenters. The number of rotatable bonds is 10. The number of hydrogen-bond acceptors (Lipinski definition) is 7. The van der Waals surface area contributed by atoms with Crippen LogP contribution in [0.15, 0.2) is 36.5 Å². The minimum absolute atomic E-state index is 0.0288. The van der Waals surface area contributed by atoms with Crippen molar-refractivity contribution in [3.63, 3.8) is 0 Å². The smallest absolute Gasteiger partial charge is 0.258 e. The lowest BCUT2D eigenvalue weighted by atomic mass is 10.1. The summed E-state index contributed by atoms with van der Waals surface area (Å²) >= 11 is 6.60. The quantitative estimate of drug-likeness (QED) is 0.306. The number of aromatic amines is 1. The summed E-state index contributed by atoms with van der Waals surface area (Å²) in [6.45, 7) is 3.85. The van der Waals surface area contributed by atoms with Crippen molar-refractivity contribution in [2.45, 2.75) is 32.9 Å².